The largest absolute Gasteiger partial charge is 0.476 e. The quantitative estimate of drug-likeness (QED) is 0.873. The van der Waals surface area contributed by atoms with Crippen molar-refractivity contribution in [3.63, 3.8) is 0 Å². The number of carbonyl (C=O) groups is 1. The Morgan fingerprint density at radius 3 is 2.00 bits per heavy atom. The van der Waals surface area contributed by atoms with E-state index < -0.39 is 23.5 Å². The highest BCUT2D eigenvalue weighted by atomic mass is 35.5. The lowest BCUT2D eigenvalue weighted by Gasteiger charge is -2.10. The van der Waals surface area contributed by atoms with Gasteiger partial charge in [-0.1, -0.05) is 23.2 Å². The molecule has 0 amide bonds. The minimum atomic E-state index is -4.93. The van der Waals surface area contributed by atoms with Crippen LogP contribution in [0.1, 0.15) is 16.2 Å². The smallest absolute Gasteiger partial charge is 0.435 e. The number of nitrogens with zero attached hydrogens (tertiary/aromatic N) is 2. The van der Waals surface area contributed by atoms with Crippen molar-refractivity contribution < 1.29 is 23.1 Å². The van der Waals surface area contributed by atoms with Crippen molar-refractivity contribution in [2.45, 2.75) is 6.18 Å². The van der Waals surface area contributed by atoms with Crippen LogP contribution >= 0.6 is 23.2 Å². The number of carboxylic acids is 1. The van der Waals surface area contributed by atoms with Crippen molar-refractivity contribution in [2.24, 2.45) is 0 Å². The van der Waals surface area contributed by atoms with Crippen molar-refractivity contribution in [1.29, 1.82) is 0 Å². The molecule has 1 heterocycles. The first-order valence-corrected chi connectivity index (χ1v) is 5.43. The molecule has 0 spiro atoms. The maximum absolute atomic E-state index is 12.7. The van der Waals surface area contributed by atoms with Gasteiger partial charge in [-0.05, 0) is 12.1 Å². The molecular weight excluding hydrogens is 308 g/mol. The molecule has 9 heteroatoms. The normalized spacial score (nSPS) is 11.8. The van der Waals surface area contributed by atoms with Gasteiger partial charge in [0.15, 0.2) is 11.4 Å². The van der Waals surface area contributed by atoms with Gasteiger partial charge in [0.2, 0.25) is 0 Å². The van der Waals surface area contributed by atoms with Crippen molar-refractivity contribution in [3.05, 3.63) is 33.6 Å². The Kier molecular flexibility index (Phi) is 3.27. The average Bonchev–Trinajstić information content (AvgIpc) is 2.27. The SMILES string of the molecule is O=C(O)c1nc2cc(Cl)c(Cl)cc2nc1C(F)(F)F. The van der Waals surface area contributed by atoms with Crippen LogP contribution in [-0.2, 0) is 6.18 Å². The number of aromatic carboxylic acids is 1. The molecule has 0 aliphatic heterocycles. The van der Waals surface area contributed by atoms with Crippen LogP contribution in [-0.4, -0.2) is 21.0 Å². The predicted octanol–water partition coefficient (Wildman–Crippen LogP) is 3.65. The highest BCUT2D eigenvalue weighted by molar-refractivity contribution is 6.42. The monoisotopic (exact) mass is 310 g/mol. The number of benzene rings is 1. The fourth-order valence-electron chi connectivity index (χ4n) is 1.40. The van der Waals surface area contributed by atoms with Crippen LogP contribution < -0.4 is 0 Å². The third-order valence-corrected chi connectivity index (χ3v) is 2.90. The van der Waals surface area contributed by atoms with E-state index in [0.29, 0.717) is 0 Å². The summed E-state index contributed by atoms with van der Waals surface area (Å²) in [5, 5.41) is 8.79. The number of aromatic nitrogens is 2. The van der Waals surface area contributed by atoms with Crippen molar-refractivity contribution in [2.75, 3.05) is 0 Å². The lowest BCUT2D eigenvalue weighted by molar-refractivity contribution is -0.141. The van der Waals surface area contributed by atoms with Gasteiger partial charge in [-0.25, -0.2) is 14.8 Å². The number of halogens is 5. The number of carboxylic acid groups (broad SMARTS) is 1. The Bertz CT molecular complexity index is 689. The molecule has 2 aromatic rings. The zero-order valence-electron chi connectivity index (χ0n) is 8.79. The highest BCUT2D eigenvalue weighted by Crippen LogP contribution is 2.33. The van der Waals surface area contributed by atoms with E-state index >= 15 is 0 Å². The van der Waals surface area contributed by atoms with Gasteiger partial charge in [-0.3, -0.25) is 0 Å². The summed E-state index contributed by atoms with van der Waals surface area (Å²) in [5.41, 5.74) is -3.03. The molecule has 0 bridgehead atoms. The fraction of sp³-hybridized carbons (Fsp3) is 0.100. The second kappa shape index (κ2) is 4.50. The van der Waals surface area contributed by atoms with Gasteiger partial charge in [-0.15, -0.1) is 0 Å². The second-order valence-corrected chi connectivity index (χ2v) is 4.29. The molecule has 2 rings (SSSR count). The molecule has 100 valence electrons. The van der Waals surface area contributed by atoms with E-state index in [1.807, 2.05) is 0 Å². The minimum absolute atomic E-state index is 0.000309. The van der Waals surface area contributed by atoms with Crippen LogP contribution in [0, 0.1) is 0 Å². The maximum Gasteiger partial charge on any atom is 0.435 e. The Labute approximate surface area is 113 Å². The molecule has 0 atom stereocenters. The van der Waals surface area contributed by atoms with E-state index in [9.17, 15) is 18.0 Å². The van der Waals surface area contributed by atoms with Crippen LogP contribution in [0.2, 0.25) is 10.0 Å². The first kappa shape index (κ1) is 13.8. The summed E-state index contributed by atoms with van der Waals surface area (Å²) in [6.07, 6.45) is -4.93. The number of alkyl halides is 3. The van der Waals surface area contributed by atoms with E-state index in [2.05, 4.69) is 9.97 Å². The number of hydrogen-bond acceptors (Lipinski definition) is 3. The molecule has 0 fully saturated rings. The first-order valence-electron chi connectivity index (χ1n) is 4.67. The third-order valence-electron chi connectivity index (χ3n) is 2.18. The lowest BCUT2D eigenvalue weighted by atomic mass is 10.2. The molecule has 0 saturated carbocycles. The third kappa shape index (κ3) is 2.57. The van der Waals surface area contributed by atoms with E-state index in [-0.39, 0.29) is 21.1 Å². The summed E-state index contributed by atoms with van der Waals surface area (Å²) >= 11 is 11.3. The molecule has 19 heavy (non-hydrogen) atoms. The topological polar surface area (TPSA) is 63.1 Å². The summed E-state index contributed by atoms with van der Waals surface area (Å²) in [5.74, 6) is -1.83. The summed E-state index contributed by atoms with van der Waals surface area (Å²) in [6, 6.07) is 2.24. The van der Waals surface area contributed by atoms with E-state index in [1.54, 1.807) is 0 Å². The first-order chi connectivity index (χ1) is 8.70. The molecule has 0 unspecified atom stereocenters. The van der Waals surface area contributed by atoms with Crippen LogP contribution in [0.25, 0.3) is 11.0 Å². The summed E-state index contributed by atoms with van der Waals surface area (Å²) in [4.78, 5) is 17.5. The molecule has 1 aromatic heterocycles. The summed E-state index contributed by atoms with van der Waals surface area (Å²) < 4.78 is 38.1. The van der Waals surface area contributed by atoms with E-state index in [1.165, 1.54) is 0 Å². The molecule has 0 aliphatic carbocycles. The molecule has 0 radical (unpaired) electrons. The zero-order valence-corrected chi connectivity index (χ0v) is 10.3. The average molecular weight is 311 g/mol. The Morgan fingerprint density at radius 1 is 1.11 bits per heavy atom. The molecule has 0 aliphatic rings. The van der Waals surface area contributed by atoms with Gasteiger partial charge in [0.25, 0.3) is 0 Å². The second-order valence-electron chi connectivity index (χ2n) is 3.48. The van der Waals surface area contributed by atoms with Crippen LogP contribution in [0.5, 0.6) is 0 Å². The molecular formula is C10H3Cl2F3N2O2. The van der Waals surface area contributed by atoms with E-state index in [0.717, 1.165) is 12.1 Å². The van der Waals surface area contributed by atoms with Gasteiger partial charge in [-0.2, -0.15) is 13.2 Å². The van der Waals surface area contributed by atoms with Crippen molar-refractivity contribution in [1.82, 2.24) is 9.97 Å². The predicted molar refractivity (Wildman–Crippen MR) is 61.5 cm³/mol. The van der Waals surface area contributed by atoms with Gasteiger partial charge in [0.05, 0.1) is 21.1 Å². The number of rotatable bonds is 1. The molecule has 1 N–H and O–H groups in total. The van der Waals surface area contributed by atoms with Crippen LogP contribution in [0.15, 0.2) is 12.1 Å². The number of hydrogen-bond donors (Lipinski definition) is 1. The summed E-state index contributed by atoms with van der Waals surface area (Å²) in [7, 11) is 0. The maximum atomic E-state index is 12.7. The van der Waals surface area contributed by atoms with Crippen molar-refractivity contribution >= 4 is 40.2 Å². The zero-order chi connectivity index (χ0) is 14.4. The minimum Gasteiger partial charge on any atom is -0.476 e. The molecule has 0 saturated heterocycles. The number of fused-ring (bicyclic) bond motifs is 1. The lowest BCUT2D eigenvalue weighted by Crippen LogP contribution is -2.17. The van der Waals surface area contributed by atoms with Crippen LogP contribution in [0.3, 0.4) is 0 Å². The van der Waals surface area contributed by atoms with Crippen molar-refractivity contribution in [3.8, 4) is 0 Å². The Hall–Kier alpha value is -1.60. The Morgan fingerprint density at radius 2 is 1.58 bits per heavy atom. The van der Waals surface area contributed by atoms with Crippen LogP contribution in [0.4, 0.5) is 13.2 Å². The molecule has 1 aromatic carbocycles. The fourth-order valence-corrected chi connectivity index (χ4v) is 1.71. The van der Waals surface area contributed by atoms with Gasteiger partial charge in [0, 0.05) is 0 Å². The van der Waals surface area contributed by atoms with Gasteiger partial charge in [0.1, 0.15) is 0 Å². The summed E-state index contributed by atoms with van der Waals surface area (Å²) in [6.45, 7) is 0. The highest BCUT2D eigenvalue weighted by Gasteiger charge is 2.39. The van der Waals surface area contributed by atoms with Gasteiger partial charge < -0.3 is 5.11 Å². The standard InChI is InChI=1S/C10H3Cl2F3N2O2/c11-3-1-5-6(2-4(3)12)17-8(10(13,14)15)7(16-5)9(18)19/h1-2H,(H,18,19). The Balaban J connectivity index is 2.84. The molecule has 4 nitrogen and oxygen atoms in total. The van der Waals surface area contributed by atoms with Gasteiger partial charge >= 0.3 is 12.1 Å². The van der Waals surface area contributed by atoms with E-state index in [4.69, 9.17) is 28.3 Å².